The number of anilines is 1. The predicted octanol–water partition coefficient (Wildman–Crippen LogP) is 3.45. The molecule has 19 heavy (non-hydrogen) atoms. The summed E-state index contributed by atoms with van der Waals surface area (Å²) in [5.41, 5.74) is 0.368. The van der Waals surface area contributed by atoms with Crippen LogP contribution in [0.3, 0.4) is 0 Å². The van der Waals surface area contributed by atoms with Crippen LogP contribution < -0.4 is 10.6 Å². The molecule has 1 heterocycles. The minimum absolute atomic E-state index is 0.0489. The molecule has 2 unspecified atom stereocenters. The highest BCUT2D eigenvalue weighted by Gasteiger charge is 2.24. The van der Waals surface area contributed by atoms with Crippen LogP contribution in [0.25, 0.3) is 0 Å². The molecule has 2 N–H and O–H groups in total. The molecule has 1 aromatic rings. The van der Waals surface area contributed by atoms with Crippen molar-refractivity contribution in [3.63, 3.8) is 0 Å². The molecule has 0 aliphatic carbocycles. The standard InChI is InChI=1S/C12H15Cl2N3O2/c1-7-10(3-2-4-15-7)16-11-5-8(13)9(14)6-12(11)17(18)19/h5-7,10,15-16H,2-4H2,1H3. The van der Waals surface area contributed by atoms with Gasteiger partial charge in [0, 0.05) is 18.2 Å². The van der Waals surface area contributed by atoms with Crippen molar-refractivity contribution in [1.29, 1.82) is 0 Å². The highest BCUT2D eigenvalue weighted by molar-refractivity contribution is 6.42. The summed E-state index contributed by atoms with van der Waals surface area (Å²) in [6.07, 6.45) is 2.00. The molecule has 0 saturated carbocycles. The summed E-state index contributed by atoms with van der Waals surface area (Å²) in [5.74, 6) is 0. The number of benzene rings is 1. The molecule has 1 aliphatic heterocycles. The van der Waals surface area contributed by atoms with Gasteiger partial charge in [-0.1, -0.05) is 23.2 Å². The molecular weight excluding hydrogens is 289 g/mol. The maximum atomic E-state index is 11.1. The predicted molar refractivity (Wildman–Crippen MR) is 77.2 cm³/mol. The Labute approximate surface area is 121 Å². The number of hydrogen-bond donors (Lipinski definition) is 2. The maximum absolute atomic E-state index is 11.1. The summed E-state index contributed by atoms with van der Waals surface area (Å²) in [4.78, 5) is 10.6. The molecule has 104 valence electrons. The van der Waals surface area contributed by atoms with Crippen LogP contribution in [-0.4, -0.2) is 23.6 Å². The smallest absolute Gasteiger partial charge is 0.293 e. The zero-order chi connectivity index (χ0) is 14.0. The first-order valence-electron chi connectivity index (χ1n) is 6.12. The molecule has 1 aromatic carbocycles. The normalized spacial score (nSPS) is 23.1. The lowest BCUT2D eigenvalue weighted by atomic mass is 9.99. The molecule has 0 bridgehead atoms. The Morgan fingerprint density at radius 1 is 1.42 bits per heavy atom. The number of nitro groups is 1. The van der Waals surface area contributed by atoms with Gasteiger partial charge in [-0.05, 0) is 32.4 Å². The molecule has 0 amide bonds. The minimum Gasteiger partial charge on any atom is -0.375 e. The lowest BCUT2D eigenvalue weighted by Crippen LogP contribution is -2.46. The van der Waals surface area contributed by atoms with Gasteiger partial charge in [-0.2, -0.15) is 0 Å². The Hall–Kier alpha value is -1.04. The first-order valence-corrected chi connectivity index (χ1v) is 6.88. The summed E-state index contributed by atoms with van der Waals surface area (Å²) in [6, 6.07) is 3.20. The fourth-order valence-electron chi connectivity index (χ4n) is 2.24. The van der Waals surface area contributed by atoms with Crippen LogP contribution in [0.15, 0.2) is 12.1 Å². The summed E-state index contributed by atoms with van der Waals surface area (Å²) in [6.45, 7) is 3.03. The fraction of sp³-hybridized carbons (Fsp3) is 0.500. The average Bonchev–Trinajstić information content (AvgIpc) is 2.36. The second kappa shape index (κ2) is 5.94. The van der Waals surface area contributed by atoms with E-state index >= 15 is 0 Å². The average molecular weight is 304 g/mol. The number of nitrogens with one attached hydrogen (secondary N) is 2. The van der Waals surface area contributed by atoms with E-state index in [9.17, 15) is 10.1 Å². The van der Waals surface area contributed by atoms with Gasteiger partial charge in [0.2, 0.25) is 0 Å². The Kier molecular flexibility index (Phi) is 4.50. The number of halogens is 2. The number of rotatable bonds is 3. The second-order valence-corrected chi connectivity index (χ2v) is 5.49. The highest BCUT2D eigenvalue weighted by atomic mass is 35.5. The van der Waals surface area contributed by atoms with E-state index in [1.807, 2.05) is 0 Å². The van der Waals surface area contributed by atoms with E-state index in [0.29, 0.717) is 10.7 Å². The quantitative estimate of drug-likeness (QED) is 0.663. The van der Waals surface area contributed by atoms with Gasteiger partial charge in [0.15, 0.2) is 0 Å². The third-order valence-corrected chi connectivity index (χ3v) is 4.06. The highest BCUT2D eigenvalue weighted by Crippen LogP contribution is 2.35. The molecule has 0 aromatic heterocycles. The van der Waals surface area contributed by atoms with Crippen molar-refractivity contribution in [2.45, 2.75) is 31.8 Å². The van der Waals surface area contributed by atoms with Crippen LogP contribution in [0.2, 0.25) is 10.0 Å². The van der Waals surface area contributed by atoms with Crippen molar-refractivity contribution < 1.29 is 4.92 Å². The van der Waals surface area contributed by atoms with Gasteiger partial charge in [0.05, 0.1) is 15.0 Å². The first kappa shape index (κ1) is 14.4. The largest absolute Gasteiger partial charge is 0.375 e. The van der Waals surface area contributed by atoms with Crippen LogP contribution in [0, 0.1) is 10.1 Å². The fourth-order valence-corrected chi connectivity index (χ4v) is 2.57. The summed E-state index contributed by atoms with van der Waals surface area (Å²) >= 11 is 11.8. The molecule has 1 saturated heterocycles. The molecule has 0 radical (unpaired) electrons. The van der Waals surface area contributed by atoms with Crippen molar-refractivity contribution in [1.82, 2.24) is 5.32 Å². The zero-order valence-corrected chi connectivity index (χ0v) is 12.0. The van der Waals surface area contributed by atoms with Crippen LogP contribution >= 0.6 is 23.2 Å². The van der Waals surface area contributed by atoms with Crippen LogP contribution in [0.4, 0.5) is 11.4 Å². The van der Waals surface area contributed by atoms with E-state index in [2.05, 4.69) is 17.6 Å². The summed E-state index contributed by atoms with van der Waals surface area (Å²) in [7, 11) is 0. The third kappa shape index (κ3) is 3.29. The van der Waals surface area contributed by atoms with E-state index < -0.39 is 4.92 Å². The van der Waals surface area contributed by atoms with E-state index in [0.717, 1.165) is 19.4 Å². The molecule has 5 nitrogen and oxygen atoms in total. The summed E-state index contributed by atoms with van der Waals surface area (Å²) < 4.78 is 0. The Morgan fingerprint density at radius 2 is 2.11 bits per heavy atom. The van der Waals surface area contributed by atoms with Gasteiger partial charge >= 0.3 is 0 Å². The van der Waals surface area contributed by atoms with Gasteiger partial charge < -0.3 is 10.6 Å². The number of hydrogen-bond acceptors (Lipinski definition) is 4. The molecule has 7 heteroatoms. The third-order valence-electron chi connectivity index (χ3n) is 3.34. The van der Waals surface area contributed by atoms with Crippen LogP contribution in [0.5, 0.6) is 0 Å². The maximum Gasteiger partial charge on any atom is 0.293 e. The van der Waals surface area contributed by atoms with Crippen molar-refractivity contribution >= 4 is 34.6 Å². The minimum atomic E-state index is -0.453. The van der Waals surface area contributed by atoms with Gasteiger partial charge in [-0.3, -0.25) is 10.1 Å². The lowest BCUT2D eigenvalue weighted by molar-refractivity contribution is -0.384. The molecule has 0 spiro atoms. The second-order valence-electron chi connectivity index (χ2n) is 4.68. The van der Waals surface area contributed by atoms with E-state index in [-0.39, 0.29) is 22.8 Å². The monoisotopic (exact) mass is 303 g/mol. The molecule has 1 fully saturated rings. The SMILES string of the molecule is CC1NCCCC1Nc1cc(Cl)c(Cl)cc1[N+](=O)[O-]. The van der Waals surface area contributed by atoms with Crippen LogP contribution in [-0.2, 0) is 0 Å². The number of piperidine rings is 1. The van der Waals surface area contributed by atoms with Crippen molar-refractivity contribution in [3.05, 3.63) is 32.3 Å². The molecule has 2 atom stereocenters. The Bertz CT molecular complexity index is 496. The Balaban J connectivity index is 2.27. The van der Waals surface area contributed by atoms with E-state index in [4.69, 9.17) is 23.2 Å². The van der Waals surface area contributed by atoms with Crippen LogP contribution in [0.1, 0.15) is 19.8 Å². The number of nitro benzene ring substituents is 1. The first-order chi connectivity index (χ1) is 8.99. The topological polar surface area (TPSA) is 67.2 Å². The van der Waals surface area contributed by atoms with Gasteiger partial charge in [-0.25, -0.2) is 0 Å². The van der Waals surface area contributed by atoms with Gasteiger partial charge in [0.25, 0.3) is 5.69 Å². The van der Waals surface area contributed by atoms with E-state index in [1.54, 1.807) is 0 Å². The zero-order valence-electron chi connectivity index (χ0n) is 10.5. The van der Waals surface area contributed by atoms with Crippen molar-refractivity contribution in [2.75, 3.05) is 11.9 Å². The van der Waals surface area contributed by atoms with Gasteiger partial charge in [0.1, 0.15) is 5.69 Å². The Morgan fingerprint density at radius 3 is 2.74 bits per heavy atom. The molecular formula is C12H15Cl2N3O2. The van der Waals surface area contributed by atoms with Crippen molar-refractivity contribution in [3.8, 4) is 0 Å². The summed E-state index contributed by atoms with van der Waals surface area (Å²) in [5, 5.41) is 18.1. The number of nitrogens with zero attached hydrogens (tertiary/aromatic N) is 1. The molecule has 2 rings (SSSR count). The molecule has 1 aliphatic rings. The van der Waals surface area contributed by atoms with Crippen molar-refractivity contribution in [2.24, 2.45) is 0 Å². The van der Waals surface area contributed by atoms with E-state index in [1.165, 1.54) is 12.1 Å². The lowest BCUT2D eigenvalue weighted by Gasteiger charge is -2.31. The van der Waals surface area contributed by atoms with Gasteiger partial charge in [-0.15, -0.1) is 0 Å².